The molecule has 15 heavy (non-hydrogen) atoms. The fraction of sp³-hybridized carbons (Fsp3) is 0.455. The van der Waals surface area contributed by atoms with Gasteiger partial charge < -0.3 is 5.73 Å². The van der Waals surface area contributed by atoms with Gasteiger partial charge >= 0.3 is 0 Å². The Morgan fingerprint density at radius 1 is 1.20 bits per heavy atom. The topological polar surface area (TPSA) is 60.2 Å². The Bertz CT molecular complexity index is 395. The highest BCUT2D eigenvalue weighted by Crippen LogP contribution is 2.13. The molecule has 0 amide bonds. The first kappa shape index (κ1) is 12.2. The molecule has 0 bridgehead atoms. The summed E-state index contributed by atoms with van der Waals surface area (Å²) < 4.78 is 23.4. The third-order valence-corrected chi connectivity index (χ3v) is 4.12. The van der Waals surface area contributed by atoms with E-state index in [4.69, 9.17) is 5.73 Å². The van der Waals surface area contributed by atoms with Crippen LogP contribution in [0.25, 0.3) is 0 Å². The predicted molar refractivity (Wildman–Crippen MR) is 61.5 cm³/mol. The second kappa shape index (κ2) is 5.28. The number of sulfone groups is 1. The Morgan fingerprint density at radius 3 is 2.27 bits per heavy atom. The van der Waals surface area contributed by atoms with E-state index in [1.165, 1.54) is 0 Å². The molecule has 0 aliphatic rings. The molecule has 1 rings (SSSR count). The number of hydrogen-bond donors (Lipinski definition) is 1. The molecule has 0 atom stereocenters. The predicted octanol–water partition coefficient (Wildman–Crippen LogP) is 1.37. The lowest BCUT2D eigenvalue weighted by molar-refractivity contribution is 0.594. The van der Waals surface area contributed by atoms with Gasteiger partial charge in [0.15, 0.2) is 9.84 Å². The van der Waals surface area contributed by atoms with Crippen LogP contribution in [0.15, 0.2) is 29.2 Å². The van der Waals surface area contributed by atoms with E-state index < -0.39 is 9.84 Å². The number of nitrogens with two attached hydrogens (primary N) is 1. The van der Waals surface area contributed by atoms with Crippen LogP contribution < -0.4 is 5.73 Å². The van der Waals surface area contributed by atoms with Gasteiger partial charge in [-0.15, -0.1) is 0 Å². The zero-order chi connectivity index (χ0) is 11.3. The summed E-state index contributed by atoms with van der Waals surface area (Å²) in [4.78, 5) is 0.408. The van der Waals surface area contributed by atoms with Crippen molar-refractivity contribution in [2.24, 2.45) is 5.73 Å². The summed E-state index contributed by atoms with van der Waals surface area (Å²) in [5.41, 5.74) is 6.49. The average molecular weight is 227 g/mol. The first-order valence-electron chi connectivity index (χ1n) is 5.12. The fourth-order valence-electron chi connectivity index (χ4n) is 1.42. The maximum absolute atomic E-state index is 11.7. The van der Waals surface area contributed by atoms with Crippen LogP contribution in [0.2, 0.25) is 0 Å². The largest absolute Gasteiger partial charge is 0.330 e. The zero-order valence-electron chi connectivity index (χ0n) is 8.94. The highest BCUT2D eigenvalue weighted by atomic mass is 32.2. The molecule has 0 aliphatic carbocycles. The number of rotatable bonds is 5. The van der Waals surface area contributed by atoms with E-state index in [-0.39, 0.29) is 5.75 Å². The molecule has 4 heteroatoms. The quantitative estimate of drug-likeness (QED) is 0.826. The van der Waals surface area contributed by atoms with Crippen LogP contribution in [0, 0.1) is 0 Å². The number of benzene rings is 1. The van der Waals surface area contributed by atoms with E-state index in [1.54, 1.807) is 12.1 Å². The fourth-order valence-corrected chi connectivity index (χ4v) is 2.74. The van der Waals surface area contributed by atoms with Crippen molar-refractivity contribution in [2.45, 2.75) is 24.7 Å². The molecule has 0 fully saturated rings. The lowest BCUT2D eigenvalue weighted by atomic mass is 10.2. The van der Waals surface area contributed by atoms with Gasteiger partial charge in [0.1, 0.15) is 0 Å². The van der Waals surface area contributed by atoms with E-state index in [1.807, 2.05) is 19.1 Å². The Labute approximate surface area is 91.2 Å². The van der Waals surface area contributed by atoms with Crippen molar-refractivity contribution in [3.63, 3.8) is 0 Å². The third-order valence-electron chi connectivity index (χ3n) is 2.19. The second-order valence-corrected chi connectivity index (χ2v) is 5.61. The molecular weight excluding hydrogens is 210 g/mol. The lowest BCUT2D eigenvalue weighted by Crippen LogP contribution is -2.06. The standard InChI is InChI=1S/C11H17NO2S/c1-2-9-15(13,14)11-5-3-10(4-6-11)7-8-12/h3-6H,2,7-9,12H2,1H3. The molecule has 0 saturated heterocycles. The summed E-state index contributed by atoms with van der Waals surface area (Å²) >= 11 is 0. The molecule has 3 nitrogen and oxygen atoms in total. The molecule has 1 aromatic rings. The van der Waals surface area contributed by atoms with Crippen molar-refractivity contribution in [3.8, 4) is 0 Å². The molecule has 2 N–H and O–H groups in total. The van der Waals surface area contributed by atoms with Crippen molar-refractivity contribution < 1.29 is 8.42 Å². The highest BCUT2D eigenvalue weighted by Gasteiger charge is 2.12. The first-order valence-corrected chi connectivity index (χ1v) is 6.77. The molecule has 0 unspecified atom stereocenters. The van der Waals surface area contributed by atoms with Gasteiger partial charge in [0.25, 0.3) is 0 Å². The number of hydrogen-bond acceptors (Lipinski definition) is 3. The Hall–Kier alpha value is -0.870. The van der Waals surface area contributed by atoms with Crippen LogP contribution in [-0.2, 0) is 16.3 Å². The van der Waals surface area contributed by atoms with Gasteiger partial charge in [-0.25, -0.2) is 8.42 Å². The summed E-state index contributed by atoms with van der Waals surface area (Å²) in [6.07, 6.45) is 1.43. The van der Waals surface area contributed by atoms with Crippen molar-refractivity contribution >= 4 is 9.84 Å². The summed E-state index contributed by atoms with van der Waals surface area (Å²) in [5, 5.41) is 0. The molecule has 1 aromatic carbocycles. The van der Waals surface area contributed by atoms with Gasteiger partial charge in [-0.1, -0.05) is 19.1 Å². The average Bonchev–Trinajstić information content (AvgIpc) is 2.19. The van der Waals surface area contributed by atoms with Crippen LogP contribution in [0.5, 0.6) is 0 Å². The van der Waals surface area contributed by atoms with Gasteiger partial charge in [0.05, 0.1) is 10.6 Å². The maximum atomic E-state index is 11.7. The minimum Gasteiger partial charge on any atom is -0.330 e. The highest BCUT2D eigenvalue weighted by molar-refractivity contribution is 7.91. The molecular formula is C11H17NO2S. The van der Waals surface area contributed by atoms with Crippen molar-refractivity contribution in [3.05, 3.63) is 29.8 Å². The normalized spacial score (nSPS) is 11.6. The zero-order valence-corrected chi connectivity index (χ0v) is 9.76. The van der Waals surface area contributed by atoms with E-state index in [0.29, 0.717) is 17.9 Å². The van der Waals surface area contributed by atoms with Gasteiger partial charge in [0, 0.05) is 0 Å². The monoisotopic (exact) mass is 227 g/mol. The Morgan fingerprint density at radius 2 is 1.80 bits per heavy atom. The summed E-state index contributed by atoms with van der Waals surface area (Å²) in [7, 11) is -3.07. The molecule has 0 heterocycles. The minimum atomic E-state index is -3.07. The molecule has 0 radical (unpaired) electrons. The summed E-state index contributed by atoms with van der Waals surface area (Å²) in [5.74, 6) is 0.212. The molecule has 84 valence electrons. The van der Waals surface area contributed by atoms with E-state index >= 15 is 0 Å². The van der Waals surface area contributed by atoms with Crippen LogP contribution in [0.1, 0.15) is 18.9 Å². The third kappa shape index (κ3) is 3.32. The molecule has 0 aromatic heterocycles. The van der Waals surface area contributed by atoms with Gasteiger partial charge in [-0.3, -0.25) is 0 Å². The van der Waals surface area contributed by atoms with Crippen LogP contribution in [-0.4, -0.2) is 20.7 Å². The minimum absolute atomic E-state index is 0.212. The van der Waals surface area contributed by atoms with E-state index in [2.05, 4.69) is 0 Å². The maximum Gasteiger partial charge on any atom is 0.178 e. The first-order chi connectivity index (χ1) is 7.10. The molecule has 0 aliphatic heterocycles. The van der Waals surface area contributed by atoms with Crippen molar-refractivity contribution in [2.75, 3.05) is 12.3 Å². The smallest absolute Gasteiger partial charge is 0.178 e. The SMILES string of the molecule is CCCS(=O)(=O)c1ccc(CCN)cc1. The van der Waals surface area contributed by atoms with Crippen LogP contribution in [0.3, 0.4) is 0 Å². The van der Waals surface area contributed by atoms with Crippen molar-refractivity contribution in [1.82, 2.24) is 0 Å². The van der Waals surface area contributed by atoms with E-state index in [9.17, 15) is 8.42 Å². The summed E-state index contributed by atoms with van der Waals surface area (Å²) in [6, 6.07) is 6.98. The van der Waals surface area contributed by atoms with E-state index in [0.717, 1.165) is 12.0 Å². The second-order valence-electron chi connectivity index (χ2n) is 3.50. The van der Waals surface area contributed by atoms with Gasteiger partial charge in [-0.05, 0) is 37.1 Å². The molecule has 0 saturated carbocycles. The van der Waals surface area contributed by atoms with Gasteiger partial charge in [0.2, 0.25) is 0 Å². The Balaban J connectivity index is 2.89. The lowest BCUT2D eigenvalue weighted by Gasteiger charge is -2.04. The Kier molecular flexibility index (Phi) is 4.29. The molecule has 0 spiro atoms. The van der Waals surface area contributed by atoms with Crippen molar-refractivity contribution in [1.29, 1.82) is 0 Å². The van der Waals surface area contributed by atoms with Crippen LogP contribution >= 0.6 is 0 Å². The van der Waals surface area contributed by atoms with Crippen LogP contribution in [0.4, 0.5) is 0 Å². The van der Waals surface area contributed by atoms with Gasteiger partial charge in [-0.2, -0.15) is 0 Å². The summed E-state index contributed by atoms with van der Waals surface area (Å²) in [6.45, 7) is 2.45.